The predicted octanol–water partition coefficient (Wildman–Crippen LogP) is 2.40. The van der Waals surface area contributed by atoms with Gasteiger partial charge in [-0.2, -0.15) is 20.2 Å². The zero-order chi connectivity index (χ0) is 15.5. The van der Waals surface area contributed by atoms with Crippen molar-refractivity contribution in [3.05, 3.63) is 26.6 Å². The molecule has 0 saturated carbocycles. The van der Waals surface area contributed by atoms with Gasteiger partial charge in [0.25, 0.3) is 0 Å². The van der Waals surface area contributed by atoms with Crippen LogP contribution in [0.15, 0.2) is 0 Å². The van der Waals surface area contributed by atoms with Gasteiger partial charge in [0.15, 0.2) is 0 Å². The number of fused-ring (bicyclic) bond motifs is 2. The summed E-state index contributed by atoms with van der Waals surface area (Å²) < 4.78 is 0. The third-order valence-corrected chi connectivity index (χ3v) is 5.74. The quantitative estimate of drug-likeness (QED) is 0.846. The Hall–Kier alpha value is -1.62. The first-order valence-electron chi connectivity index (χ1n) is 6.66. The molecule has 4 rings (SSSR count). The van der Waals surface area contributed by atoms with E-state index in [9.17, 15) is 5.26 Å². The molecule has 1 fully saturated rings. The van der Waals surface area contributed by atoms with Gasteiger partial charge in [0, 0.05) is 23.4 Å². The third kappa shape index (κ3) is 1.88. The number of nitrogen functional groups attached to an aromatic ring is 1. The van der Waals surface area contributed by atoms with Crippen molar-refractivity contribution in [1.82, 2.24) is 15.0 Å². The van der Waals surface area contributed by atoms with Gasteiger partial charge in [-0.3, -0.25) is 0 Å². The number of hydrogen-bond acceptors (Lipinski definition) is 7. The van der Waals surface area contributed by atoms with E-state index in [0.29, 0.717) is 16.5 Å². The van der Waals surface area contributed by atoms with E-state index < -0.39 is 0 Å². The van der Waals surface area contributed by atoms with Crippen LogP contribution >= 0.6 is 34.5 Å². The molecular weight excluding hydrogens is 343 g/mol. The van der Waals surface area contributed by atoms with E-state index in [1.165, 1.54) is 16.2 Å². The minimum atomic E-state index is -0.0277. The lowest BCUT2D eigenvalue weighted by Crippen LogP contribution is -2.59. The lowest BCUT2D eigenvalue weighted by molar-refractivity contribution is 0.324. The highest BCUT2D eigenvalue weighted by Gasteiger charge is 2.52. The molecule has 9 heteroatoms. The Balaban J connectivity index is 1.66. The van der Waals surface area contributed by atoms with Gasteiger partial charge >= 0.3 is 0 Å². The van der Waals surface area contributed by atoms with Crippen molar-refractivity contribution in [2.24, 2.45) is 0 Å². The molecule has 0 unspecified atom stereocenters. The van der Waals surface area contributed by atoms with Crippen LogP contribution in [0.4, 0.5) is 10.9 Å². The van der Waals surface area contributed by atoms with Crippen LogP contribution < -0.4 is 10.6 Å². The molecule has 112 valence electrons. The molecule has 0 radical (unpaired) electrons. The van der Waals surface area contributed by atoms with Crippen LogP contribution in [0, 0.1) is 11.3 Å². The van der Waals surface area contributed by atoms with Gasteiger partial charge in [0.2, 0.25) is 16.5 Å². The largest absolute Gasteiger partial charge is 0.389 e. The molecule has 1 aliphatic carbocycles. The molecule has 6 nitrogen and oxygen atoms in total. The lowest BCUT2D eigenvalue weighted by Gasteiger charge is -2.48. The second-order valence-corrected chi connectivity index (χ2v) is 7.37. The zero-order valence-electron chi connectivity index (χ0n) is 11.3. The number of nitriles is 1. The molecular formula is C13H10Cl2N6S. The first kappa shape index (κ1) is 14.0. The highest BCUT2D eigenvalue weighted by Crippen LogP contribution is 2.52. The number of halogens is 2. The summed E-state index contributed by atoms with van der Waals surface area (Å²) in [6.07, 6.45) is 1.99. The third-order valence-electron chi connectivity index (χ3n) is 4.32. The predicted molar refractivity (Wildman–Crippen MR) is 85.5 cm³/mol. The van der Waals surface area contributed by atoms with Crippen molar-refractivity contribution in [3.8, 4) is 6.07 Å². The fourth-order valence-corrected chi connectivity index (χ4v) is 4.92. The van der Waals surface area contributed by atoms with Crippen LogP contribution in [0.2, 0.25) is 10.6 Å². The molecule has 1 saturated heterocycles. The Kier molecular flexibility index (Phi) is 2.98. The van der Waals surface area contributed by atoms with E-state index >= 15 is 0 Å². The number of aromatic nitrogens is 3. The summed E-state index contributed by atoms with van der Waals surface area (Å²) in [5.74, 6) is 0.478. The van der Waals surface area contributed by atoms with Crippen LogP contribution in [-0.2, 0) is 11.8 Å². The Morgan fingerprint density at radius 2 is 1.91 bits per heavy atom. The summed E-state index contributed by atoms with van der Waals surface area (Å²) in [7, 11) is 0. The van der Waals surface area contributed by atoms with Crippen LogP contribution in [-0.4, -0.2) is 28.0 Å². The minimum absolute atomic E-state index is 0.0277. The first-order chi connectivity index (χ1) is 10.5. The molecule has 1 aliphatic heterocycles. The first-order valence-corrected chi connectivity index (χ1v) is 8.23. The van der Waals surface area contributed by atoms with Gasteiger partial charge < -0.3 is 10.6 Å². The van der Waals surface area contributed by atoms with Crippen molar-refractivity contribution in [2.45, 2.75) is 18.3 Å². The highest BCUT2D eigenvalue weighted by molar-refractivity contribution is 7.16. The maximum Gasteiger partial charge on any atom is 0.231 e. The Labute approximate surface area is 140 Å². The topological polar surface area (TPSA) is 91.7 Å². The van der Waals surface area contributed by atoms with Gasteiger partial charge in [-0.15, -0.1) is 11.3 Å². The van der Waals surface area contributed by atoms with Gasteiger partial charge in [-0.1, -0.05) is 0 Å². The summed E-state index contributed by atoms with van der Waals surface area (Å²) in [5.41, 5.74) is 7.70. The summed E-state index contributed by atoms with van der Waals surface area (Å²) in [4.78, 5) is 15.2. The molecule has 2 aromatic heterocycles. The molecule has 0 bridgehead atoms. The fourth-order valence-electron chi connectivity index (χ4n) is 3.42. The van der Waals surface area contributed by atoms with E-state index in [1.807, 2.05) is 4.90 Å². The molecule has 2 aromatic rings. The maximum absolute atomic E-state index is 9.37. The second kappa shape index (κ2) is 4.69. The average molecular weight is 353 g/mol. The molecule has 22 heavy (non-hydrogen) atoms. The van der Waals surface area contributed by atoms with E-state index in [4.69, 9.17) is 28.9 Å². The standard InChI is InChI=1S/C13H10Cl2N6S/c14-10-18-11(15)20-12(19-10)21-4-13(5-21)2-1-7-8(13)6(3-16)9(17)22-7/h1-2,4-5,17H2. The van der Waals surface area contributed by atoms with E-state index in [-0.39, 0.29) is 16.0 Å². The number of aryl methyl sites for hydroxylation is 1. The van der Waals surface area contributed by atoms with Gasteiger partial charge in [-0.05, 0) is 41.6 Å². The zero-order valence-corrected chi connectivity index (χ0v) is 13.6. The molecule has 1 spiro atoms. The molecule has 0 amide bonds. The van der Waals surface area contributed by atoms with Gasteiger partial charge in [0.1, 0.15) is 11.1 Å². The fraction of sp³-hybridized carbons (Fsp3) is 0.385. The average Bonchev–Trinajstić information content (AvgIpc) is 2.91. The van der Waals surface area contributed by atoms with Gasteiger partial charge in [-0.25, -0.2) is 0 Å². The number of hydrogen-bond donors (Lipinski definition) is 1. The van der Waals surface area contributed by atoms with Crippen molar-refractivity contribution >= 4 is 45.5 Å². The van der Waals surface area contributed by atoms with Crippen molar-refractivity contribution in [2.75, 3.05) is 23.7 Å². The van der Waals surface area contributed by atoms with Crippen LogP contribution in [0.25, 0.3) is 0 Å². The second-order valence-electron chi connectivity index (χ2n) is 5.56. The molecule has 2 N–H and O–H groups in total. The summed E-state index contributed by atoms with van der Waals surface area (Å²) in [6.45, 7) is 1.48. The van der Waals surface area contributed by atoms with E-state index in [0.717, 1.165) is 31.5 Å². The smallest absolute Gasteiger partial charge is 0.231 e. The lowest BCUT2D eigenvalue weighted by atomic mass is 9.74. The van der Waals surface area contributed by atoms with Gasteiger partial charge in [0.05, 0.1) is 5.56 Å². The molecule has 3 heterocycles. The Morgan fingerprint density at radius 1 is 1.23 bits per heavy atom. The number of nitrogens with zero attached hydrogens (tertiary/aromatic N) is 5. The van der Waals surface area contributed by atoms with E-state index in [2.05, 4.69) is 21.0 Å². The van der Waals surface area contributed by atoms with Crippen molar-refractivity contribution in [3.63, 3.8) is 0 Å². The highest BCUT2D eigenvalue weighted by atomic mass is 35.5. The Morgan fingerprint density at radius 3 is 2.55 bits per heavy atom. The molecule has 2 aliphatic rings. The van der Waals surface area contributed by atoms with Crippen LogP contribution in [0.3, 0.4) is 0 Å². The van der Waals surface area contributed by atoms with Crippen molar-refractivity contribution < 1.29 is 0 Å². The number of nitrogens with two attached hydrogens (primary N) is 1. The van der Waals surface area contributed by atoms with E-state index in [1.54, 1.807) is 0 Å². The summed E-state index contributed by atoms with van der Waals surface area (Å²) in [6, 6.07) is 2.26. The molecule has 0 aromatic carbocycles. The monoisotopic (exact) mass is 352 g/mol. The number of rotatable bonds is 1. The van der Waals surface area contributed by atoms with Crippen LogP contribution in [0.1, 0.15) is 22.4 Å². The number of anilines is 2. The Bertz CT molecular complexity index is 800. The van der Waals surface area contributed by atoms with Crippen molar-refractivity contribution in [1.29, 1.82) is 5.26 Å². The summed E-state index contributed by atoms with van der Waals surface area (Å²) in [5, 5.41) is 10.2. The molecule has 0 atom stereocenters. The SMILES string of the molecule is N#Cc1c(N)sc2c1C1(CC2)CN(c2nc(Cl)nc(Cl)n2)C1. The minimum Gasteiger partial charge on any atom is -0.389 e. The summed E-state index contributed by atoms with van der Waals surface area (Å²) >= 11 is 13.2. The number of thiophene rings is 1. The van der Waals surface area contributed by atoms with Crippen LogP contribution in [0.5, 0.6) is 0 Å². The normalized spacial score (nSPS) is 18.1. The maximum atomic E-state index is 9.37.